The largest absolute Gasteiger partial charge is 0.508 e. The van der Waals surface area contributed by atoms with Gasteiger partial charge in [0.15, 0.2) is 0 Å². The maximum atomic E-state index is 11.9. The molecule has 0 bridgehead atoms. The lowest BCUT2D eigenvalue weighted by molar-refractivity contribution is 0.0942. The molecule has 0 aliphatic rings. The lowest BCUT2D eigenvalue weighted by atomic mass is 10.1. The maximum absolute atomic E-state index is 11.9. The van der Waals surface area contributed by atoms with Gasteiger partial charge in [-0.15, -0.1) is 0 Å². The topological polar surface area (TPSA) is 91.1 Å². The van der Waals surface area contributed by atoms with Crippen LogP contribution in [0.3, 0.4) is 0 Å². The number of carbonyl (C=O) groups is 1. The van der Waals surface area contributed by atoms with Crippen LogP contribution < -0.4 is 11.1 Å². The molecule has 0 radical (unpaired) electrons. The van der Waals surface area contributed by atoms with Gasteiger partial charge in [0.2, 0.25) is 0 Å². The Bertz CT molecular complexity index is 581. The SMILES string of the molecule is CC(C)(N)CNC(=O)c1cc2ccc(O)cc2[nH]1. The van der Waals surface area contributed by atoms with Crippen molar-refractivity contribution in [2.24, 2.45) is 5.73 Å². The first-order valence-electron chi connectivity index (χ1n) is 5.74. The van der Waals surface area contributed by atoms with E-state index in [0.717, 1.165) is 10.9 Å². The first-order chi connectivity index (χ1) is 8.35. The van der Waals surface area contributed by atoms with Gasteiger partial charge >= 0.3 is 0 Å². The number of phenols is 1. The minimum absolute atomic E-state index is 0.166. The first-order valence-corrected chi connectivity index (χ1v) is 5.74. The molecule has 5 nitrogen and oxygen atoms in total. The molecule has 0 fully saturated rings. The lowest BCUT2D eigenvalue weighted by Crippen LogP contribution is -2.45. The van der Waals surface area contributed by atoms with Gasteiger partial charge in [0.25, 0.3) is 5.91 Å². The monoisotopic (exact) mass is 247 g/mol. The Kier molecular flexibility index (Phi) is 3.00. The van der Waals surface area contributed by atoms with Crippen LogP contribution in [0.5, 0.6) is 5.75 Å². The van der Waals surface area contributed by atoms with E-state index in [1.165, 1.54) is 0 Å². The standard InChI is InChI=1S/C13H17N3O2/c1-13(2,14)7-15-12(18)11-5-8-3-4-9(17)6-10(8)16-11/h3-6,16-17H,7,14H2,1-2H3,(H,15,18). The number of phenolic OH excluding ortho intramolecular Hbond substituents is 1. The van der Waals surface area contributed by atoms with E-state index in [2.05, 4.69) is 10.3 Å². The Morgan fingerprint density at radius 1 is 1.44 bits per heavy atom. The zero-order chi connectivity index (χ0) is 13.3. The van der Waals surface area contributed by atoms with E-state index in [9.17, 15) is 9.90 Å². The number of nitrogens with two attached hydrogens (primary N) is 1. The van der Waals surface area contributed by atoms with Crippen molar-refractivity contribution in [2.45, 2.75) is 19.4 Å². The molecule has 5 N–H and O–H groups in total. The highest BCUT2D eigenvalue weighted by Crippen LogP contribution is 2.20. The summed E-state index contributed by atoms with van der Waals surface area (Å²) in [7, 11) is 0. The van der Waals surface area contributed by atoms with E-state index in [1.54, 1.807) is 24.3 Å². The number of amides is 1. The number of hydrogen-bond donors (Lipinski definition) is 4. The molecule has 96 valence electrons. The van der Waals surface area contributed by atoms with Gasteiger partial charge < -0.3 is 21.1 Å². The number of aromatic hydroxyl groups is 1. The summed E-state index contributed by atoms with van der Waals surface area (Å²) in [6, 6.07) is 6.66. The molecule has 2 rings (SSSR count). The highest BCUT2D eigenvalue weighted by molar-refractivity contribution is 5.98. The molecule has 0 aliphatic carbocycles. The van der Waals surface area contributed by atoms with Crippen LogP contribution in [-0.2, 0) is 0 Å². The van der Waals surface area contributed by atoms with Crippen molar-refractivity contribution in [1.29, 1.82) is 0 Å². The van der Waals surface area contributed by atoms with Crippen LogP contribution in [0.2, 0.25) is 0 Å². The Morgan fingerprint density at radius 2 is 2.17 bits per heavy atom. The molecule has 1 aromatic heterocycles. The van der Waals surface area contributed by atoms with E-state index in [-0.39, 0.29) is 11.7 Å². The number of fused-ring (bicyclic) bond motifs is 1. The third-order valence-corrected chi connectivity index (χ3v) is 2.56. The molecule has 2 aromatic rings. The van der Waals surface area contributed by atoms with E-state index in [0.29, 0.717) is 12.2 Å². The molecule has 0 unspecified atom stereocenters. The molecule has 0 saturated heterocycles. The fourth-order valence-electron chi connectivity index (χ4n) is 1.64. The molecule has 18 heavy (non-hydrogen) atoms. The van der Waals surface area contributed by atoms with E-state index >= 15 is 0 Å². The number of aromatic amines is 1. The predicted molar refractivity (Wildman–Crippen MR) is 70.6 cm³/mol. The highest BCUT2D eigenvalue weighted by atomic mass is 16.3. The van der Waals surface area contributed by atoms with E-state index < -0.39 is 5.54 Å². The Morgan fingerprint density at radius 3 is 2.83 bits per heavy atom. The fourth-order valence-corrected chi connectivity index (χ4v) is 1.64. The molecule has 0 aliphatic heterocycles. The smallest absolute Gasteiger partial charge is 0.267 e. The lowest BCUT2D eigenvalue weighted by Gasteiger charge is -2.18. The number of benzene rings is 1. The number of H-pyrrole nitrogens is 1. The molecule has 0 atom stereocenters. The number of hydrogen-bond acceptors (Lipinski definition) is 3. The summed E-state index contributed by atoms with van der Waals surface area (Å²) in [4.78, 5) is 14.8. The first kappa shape index (κ1) is 12.4. The summed E-state index contributed by atoms with van der Waals surface area (Å²) in [6.07, 6.45) is 0. The second-order valence-electron chi connectivity index (χ2n) is 5.13. The van der Waals surface area contributed by atoms with Crippen molar-refractivity contribution in [3.63, 3.8) is 0 Å². The summed E-state index contributed by atoms with van der Waals surface area (Å²) in [6.45, 7) is 4.08. The summed E-state index contributed by atoms with van der Waals surface area (Å²) in [5.41, 5.74) is 6.54. The van der Waals surface area contributed by atoms with Crippen molar-refractivity contribution >= 4 is 16.8 Å². The van der Waals surface area contributed by atoms with Gasteiger partial charge in [0.1, 0.15) is 11.4 Å². The highest BCUT2D eigenvalue weighted by Gasteiger charge is 2.14. The van der Waals surface area contributed by atoms with Crippen LogP contribution >= 0.6 is 0 Å². The Hall–Kier alpha value is -2.01. The van der Waals surface area contributed by atoms with Crippen LogP contribution in [-0.4, -0.2) is 28.1 Å². The minimum atomic E-state index is -0.445. The van der Waals surface area contributed by atoms with Crippen LogP contribution in [0.15, 0.2) is 24.3 Å². The molecule has 0 saturated carbocycles. The van der Waals surface area contributed by atoms with E-state index in [1.807, 2.05) is 13.8 Å². The number of carbonyl (C=O) groups excluding carboxylic acids is 1. The summed E-state index contributed by atoms with van der Waals surface area (Å²) < 4.78 is 0. The van der Waals surface area contributed by atoms with E-state index in [4.69, 9.17) is 5.73 Å². The van der Waals surface area contributed by atoms with Crippen LogP contribution in [0.1, 0.15) is 24.3 Å². The average molecular weight is 247 g/mol. The molecule has 0 spiro atoms. The van der Waals surface area contributed by atoms with Gasteiger partial charge in [-0.3, -0.25) is 4.79 Å². The quantitative estimate of drug-likeness (QED) is 0.659. The van der Waals surface area contributed by atoms with Crippen molar-refractivity contribution in [3.05, 3.63) is 30.0 Å². The van der Waals surface area contributed by atoms with Gasteiger partial charge in [-0.2, -0.15) is 0 Å². The second-order valence-corrected chi connectivity index (χ2v) is 5.13. The van der Waals surface area contributed by atoms with Gasteiger partial charge in [-0.05, 0) is 32.0 Å². The summed E-state index contributed by atoms with van der Waals surface area (Å²) in [5, 5.41) is 13.0. The number of rotatable bonds is 3. The molecule has 1 aromatic carbocycles. The molecular formula is C13H17N3O2. The summed E-state index contributed by atoms with van der Waals surface area (Å²) >= 11 is 0. The van der Waals surface area contributed by atoms with Gasteiger partial charge in [-0.1, -0.05) is 0 Å². The Balaban J connectivity index is 2.18. The molecule has 5 heteroatoms. The van der Waals surface area contributed by atoms with Crippen molar-refractivity contribution < 1.29 is 9.90 Å². The zero-order valence-corrected chi connectivity index (χ0v) is 10.4. The van der Waals surface area contributed by atoms with Gasteiger partial charge in [0, 0.05) is 29.1 Å². The van der Waals surface area contributed by atoms with Crippen molar-refractivity contribution in [3.8, 4) is 5.75 Å². The molecule has 1 heterocycles. The fraction of sp³-hybridized carbons (Fsp3) is 0.308. The van der Waals surface area contributed by atoms with Crippen LogP contribution in [0, 0.1) is 0 Å². The predicted octanol–water partition coefficient (Wildman–Crippen LogP) is 1.34. The summed E-state index contributed by atoms with van der Waals surface area (Å²) in [5.74, 6) is -0.0383. The molecule has 1 amide bonds. The van der Waals surface area contributed by atoms with Crippen LogP contribution in [0.25, 0.3) is 10.9 Å². The second kappa shape index (κ2) is 4.34. The molecular weight excluding hydrogens is 230 g/mol. The zero-order valence-electron chi connectivity index (χ0n) is 10.4. The van der Waals surface area contributed by atoms with Gasteiger partial charge in [-0.25, -0.2) is 0 Å². The third kappa shape index (κ3) is 2.81. The number of nitrogens with one attached hydrogen (secondary N) is 2. The van der Waals surface area contributed by atoms with Crippen molar-refractivity contribution in [1.82, 2.24) is 10.3 Å². The van der Waals surface area contributed by atoms with Gasteiger partial charge in [0.05, 0.1) is 0 Å². The third-order valence-electron chi connectivity index (χ3n) is 2.56. The average Bonchev–Trinajstić information content (AvgIpc) is 2.67. The number of aromatic nitrogens is 1. The van der Waals surface area contributed by atoms with Crippen LogP contribution in [0.4, 0.5) is 0 Å². The maximum Gasteiger partial charge on any atom is 0.267 e. The Labute approximate surface area is 105 Å². The van der Waals surface area contributed by atoms with Crippen molar-refractivity contribution in [2.75, 3.05) is 6.54 Å². The normalized spacial score (nSPS) is 11.7. The minimum Gasteiger partial charge on any atom is -0.508 e.